The summed E-state index contributed by atoms with van der Waals surface area (Å²) in [7, 11) is -10.9. The summed E-state index contributed by atoms with van der Waals surface area (Å²) in [5, 5.41) is 3.77. The van der Waals surface area contributed by atoms with Crippen LogP contribution < -0.4 is 14.9 Å². The van der Waals surface area contributed by atoms with Crippen LogP contribution in [0.1, 0.15) is 82.1 Å². The number of amides is 1. The fraction of sp³-hybridized carbons (Fsp3) is 0.471. The molecule has 7 rings (SSSR count). The molecule has 1 amide bonds. The van der Waals surface area contributed by atoms with Crippen molar-refractivity contribution in [1.29, 1.82) is 0 Å². The summed E-state index contributed by atoms with van der Waals surface area (Å²) in [5.41, 5.74) is -0.961. The SMILES string of the molecule is CC(C)C1CCN(CC[C@H](CSc2ccccc2)Nc2ccc(S(=O)(=O)NC(=O)c3ccc(N4CCN(CC5=C(c6ccc(Cl)cc6)CCC(C)(C)C5)CC4)cc3)cc2S(=O)(=O)C(F)(F)F)CC1. The minimum absolute atomic E-state index is 0.00570. The highest BCUT2D eigenvalue weighted by molar-refractivity contribution is 7.99. The molecule has 0 bridgehead atoms. The van der Waals surface area contributed by atoms with Crippen molar-refractivity contribution in [2.24, 2.45) is 17.3 Å². The standard InChI is InChI=1S/C51H63ClF3N5O5S3/c1-36(2)37-21-25-58(26-22-37)27-23-42(35-66-44-8-6-5-7-9-44)56-47-19-18-45(32-48(47)67(62,63)51(53,54)55)68(64,65)57-49(61)39-12-16-43(17-13-39)60-30-28-59(29-31-60)34-40-33-50(3,4)24-20-46(40)38-10-14-41(52)15-11-38/h5-19,32,36-37,42,56H,20-31,33-35H2,1-4H3,(H,57,61)/t42-/m1/s1. The molecule has 2 saturated heterocycles. The monoisotopic (exact) mass is 1010 g/mol. The average Bonchev–Trinajstić information content (AvgIpc) is 3.30. The van der Waals surface area contributed by atoms with Crippen LogP contribution in [0.5, 0.6) is 0 Å². The van der Waals surface area contributed by atoms with Gasteiger partial charge in [0.2, 0.25) is 0 Å². The summed E-state index contributed by atoms with van der Waals surface area (Å²) in [6, 6.07) is 26.0. The van der Waals surface area contributed by atoms with E-state index in [4.69, 9.17) is 11.6 Å². The number of piperazine rings is 1. The van der Waals surface area contributed by atoms with Gasteiger partial charge < -0.3 is 15.1 Å². The fourth-order valence-corrected chi connectivity index (χ4v) is 12.7. The van der Waals surface area contributed by atoms with Gasteiger partial charge in [0.1, 0.15) is 4.90 Å². The Morgan fingerprint density at radius 3 is 2.15 bits per heavy atom. The summed E-state index contributed by atoms with van der Waals surface area (Å²) in [4.78, 5) is 19.3. The van der Waals surface area contributed by atoms with Crippen molar-refractivity contribution >= 4 is 66.1 Å². The lowest BCUT2D eigenvalue weighted by atomic mass is 9.73. The number of allylic oxidation sites excluding steroid dienone is 1. The number of anilines is 2. The number of thioether (sulfide) groups is 1. The number of carbonyl (C=O) groups excluding carboxylic acids is 1. The first-order valence-electron chi connectivity index (χ1n) is 23.4. The first-order chi connectivity index (χ1) is 32.2. The molecule has 4 aromatic carbocycles. The molecule has 10 nitrogen and oxygen atoms in total. The number of rotatable bonds is 17. The highest BCUT2D eigenvalue weighted by atomic mass is 35.5. The lowest BCUT2D eigenvalue weighted by Crippen LogP contribution is -2.47. The van der Waals surface area contributed by atoms with Gasteiger partial charge >= 0.3 is 5.51 Å². The van der Waals surface area contributed by atoms with Gasteiger partial charge in [0.15, 0.2) is 0 Å². The highest BCUT2D eigenvalue weighted by Gasteiger charge is 2.48. The first kappa shape index (κ1) is 51.8. The summed E-state index contributed by atoms with van der Waals surface area (Å²) in [6.07, 6.45) is 5.74. The molecule has 0 radical (unpaired) electrons. The lowest BCUT2D eigenvalue weighted by molar-refractivity contribution is -0.0435. The van der Waals surface area contributed by atoms with Crippen molar-refractivity contribution in [2.45, 2.75) is 92.5 Å². The number of hydrogen-bond acceptors (Lipinski definition) is 10. The summed E-state index contributed by atoms with van der Waals surface area (Å²) in [6.45, 7) is 15.5. The number of likely N-dealkylation sites (tertiary alicyclic amines) is 1. The number of alkyl halides is 3. The van der Waals surface area contributed by atoms with Crippen molar-refractivity contribution in [3.05, 3.63) is 119 Å². The molecule has 0 saturated carbocycles. The van der Waals surface area contributed by atoms with Crippen LogP contribution in [0.15, 0.2) is 117 Å². The van der Waals surface area contributed by atoms with E-state index in [9.17, 15) is 34.8 Å². The second kappa shape index (κ2) is 21.9. The molecule has 2 fully saturated rings. The van der Waals surface area contributed by atoms with Gasteiger partial charge in [-0.05, 0) is 147 Å². The third-order valence-electron chi connectivity index (χ3n) is 13.7. The molecular formula is C51H63ClF3N5O5S3. The molecule has 2 N–H and O–H groups in total. The molecule has 1 aliphatic carbocycles. The number of sulfonamides is 1. The number of nitrogens with one attached hydrogen (secondary N) is 2. The Kier molecular flexibility index (Phi) is 16.7. The number of hydrogen-bond donors (Lipinski definition) is 2. The zero-order chi connectivity index (χ0) is 48.9. The molecule has 3 aliphatic rings. The number of benzene rings is 4. The van der Waals surface area contributed by atoms with Crippen molar-refractivity contribution in [3.63, 3.8) is 0 Å². The van der Waals surface area contributed by atoms with Gasteiger partial charge in [-0.1, -0.05) is 75.2 Å². The normalized spacial score (nSPS) is 18.5. The zero-order valence-corrected chi connectivity index (χ0v) is 42.4. The van der Waals surface area contributed by atoms with E-state index in [0.717, 1.165) is 101 Å². The Balaban J connectivity index is 1.02. The maximum absolute atomic E-state index is 14.3. The van der Waals surface area contributed by atoms with E-state index in [1.54, 1.807) is 12.1 Å². The van der Waals surface area contributed by atoms with Crippen LogP contribution in [0.25, 0.3) is 5.57 Å². The second-order valence-corrected chi connectivity index (χ2v) is 24.6. The minimum atomic E-state index is -6.05. The Morgan fingerprint density at radius 1 is 0.853 bits per heavy atom. The Hall–Kier alpha value is -4.06. The maximum atomic E-state index is 14.3. The van der Waals surface area contributed by atoms with Gasteiger partial charge in [-0.15, -0.1) is 11.8 Å². The van der Waals surface area contributed by atoms with Gasteiger partial charge in [-0.2, -0.15) is 13.2 Å². The predicted octanol–water partition coefficient (Wildman–Crippen LogP) is 10.9. The Bertz CT molecular complexity index is 2620. The molecule has 17 heteroatoms. The molecule has 1 atom stereocenters. The topological polar surface area (TPSA) is 119 Å². The van der Waals surface area contributed by atoms with Crippen LogP contribution >= 0.6 is 23.4 Å². The quantitative estimate of drug-likeness (QED) is 0.0990. The predicted molar refractivity (Wildman–Crippen MR) is 269 cm³/mol. The largest absolute Gasteiger partial charge is 0.501 e. The molecule has 68 heavy (non-hydrogen) atoms. The van der Waals surface area contributed by atoms with Gasteiger partial charge in [0, 0.05) is 72.2 Å². The van der Waals surface area contributed by atoms with E-state index in [1.807, 2.05) is 47.2 Å². The number of sulfone groups is 1. The van der Waals surface area contributed by atoms with E-state index >= 15 is 0 Å². The molecule has 2 aliphatic heterocycles. The Labute approximate surface area is 410 Å². The van der Waals surface area contributed by atoms with E-state index < -0.39 is 47.1 Å². The molecule has 4 aromatic rings. The highest BCUT2D eigenvalue weighted by Crippen LogP contribution is 2.43. The summed E-state index contributed by atoms with van der Waals surface area (Å²) >= 11 is 7.67. The van der Waals surface area contributed by atoms with Crippen LogP contribution in [0.3, 0.4) is 0 Å². The van der Waals surface area contributed by atoms with Crippen molar-refractivity contribution in [2.75, 3.05) is 68.3 Å². The molecule has 2 heterocycles. The number of halogens is 4. The molecule has 0 unspecified atom stereocenters. The van der Waals surface area contributed by atoms with E-state index in [2.05, 4.69) is 59.8 Å². The molecule has 0 spiro atoms. The minimum Gasteiger partial charge on any atom is -0.380 e. The Morgan fingerprint density at radius 2 is 1.51 bits per heavy atom. The van der Waals surface area contributed by atoms with E-state index in [-0.39, 0.29) is 16.7 Å². The van der Waals surface area contributed by atoms with E-state index in [0.29, 0.717) is 41.6 Å². The van der Waals surface area contributed by atoms with Gasteiger partial charge in [-0.3, -0.25) is 9.69 Å². The lowest BCUT2D eigenvalue weighted by Gasteiger charge is -2.39. The third kappa shape index (κ3) is 13.2. The average molecular weight is 1010 g/mol. The summed E-state index contributed by atoms with van der Waals surface area (Å²) in [5.74, 6) is 0.583. The third-order valence-corrected chi connectivity index (χ3v) is 17.9. The first-order valence-corrected chi connectivity index (χ1v) is 27.7. The van der Waals surface area contributed by atoms with Crippen LogP contribution in [0.2, 0.25) is 5.02 Å². The number of carbonyl (C=O) groups is 1. The van der Waals surface area contributed by atoms with Crippen molar-refractivity contribution < 1.29 is 34.8 Å². The van der Waals surface area contributed by atoms with Gasteiger partial charge in [-0.25, -0.2) is 21.6 Å². The van der Waals surface area contributed by atoms with Crippen molar-refractivity contribution in [3.8, 4) is 0 Å². The van der Waals surface area contributed by atoms with E-state index in [1.165, 1.54) is 40.6 Å². The van der Waals surface area contributed by atoms with Gasteiger partial charge in [0.05, 0.1) is 10.6 Å². The van der Waals surface area contributed by atoms with Gasteiger partial charge in [0.25, 0.3) is 25.8 Å². The van der Waals surface area contributed by atoms with Crippen LogP contribution in [-0.2, 0) is 19.9 Å². The molecule has 0 aromatic heterocycles. The van der Waals surface area contributed by atoms with Crippen LogP contribution in [0, 0.1) is 17.3 Å². The van der Waals surface area contributed by atoms with Crippen LogP contribution in [0.4, 0.5) is 24.5 Å². The van der Waals surface area contributed by atoms with Crippen molar-refractivity contribution in [1.82, 2.24) is 14.5 Å². The molecular weight excluding hydrogens is 951 g/mol. The summed E-state index contributed by atoms with van der Waals surface area (Å²) < 4.78 is 98.4. The second-order valence-electron chi connectivity index (χ2n) is 19.5. The number of nitrogens with zero attached hydrogens (tertiary/aromatic N) is 3. The van der Waals surface area contributed by atoms with Crippen LogP contribution in [-0.4, -0.2) is 102 Å². The maximum Gasteiger partial charge on any atom is 0.501 e. The molecule has 368 valence electrons. The number of piperidine rings is 1. The fourth-order valence-electron chi connectivity index (χ4n) is 9.51. The zero-order valence-electron chi connectivity index (χ0n) is 39.2. The smallest absolute Gasteiger partial charge is 0.380 e.